The summed E-state index contributed by atoms with van der Waals surface area (Å²) < 4.78 is 26.3. The molecule has 3 aromatic carbocycles. The fourth-order valence-corrected chi connectivity index (χ4v) is 16.2. The number of phenols is 2. The van der Waals surface area contributed by atoms with Gasteiger partial charge in [-0.25, -0.2) is 0 Å². The molecule has 1 saturated heterocycles. The number of ether oxygens (including phenoxy) is 4. The number of guanidine groups is 1. The van der Waals surface area contributed by atoms with Crippen LogP contribution in [0.4, 0.5) is 0 Å². The van der Waals surface area contributed by atoms with Crippen LogP contribution in [-0.4, -0.2) is 89.8 Å². The summed E-state index contributed by atoms with van der Waals surface area (Å²) in [7, 11) is 1.73. The third-order valence-electron chi connectivity index (χ3n) is 20.2. The van der Waals surface area contributed by atoms with E-state index in [4.69, 9.17) is 29.7 Å². The lowest BCUT2D eigenvalue weighted by Crippen LogP contribution is -2.47. The molecule has 0 radical (unpaired) electrons. The van der Waals surface area contributed by atoms with E-state index in [1.165, 1.54) is 12.8 Å². The number of hydrogen-bond acceptors (Lipinski definition) is 12. The largest absolute Gasteiger partial charge is 0.508 e. The number of phenolic OH excluding ortho intramolecular Hbond substituents is 2. The molecule has 2 saturated carbocycles. The number of allylic oxidation sites excluding steroid dienone is 2. The first-order chi connectivity index (χ1) is 36.7. The molecule has 12 nitrogen and oxygen atoms in total. The van der Waals surface area contributed by atoms with Crippen molar-refractivity contribution < 1.29 is 44.5 Å². The summed E-state index contributed by atoms with van der Waals surface area (Å²) in [5.41, 5.74) is 13.5. The molecule has 3 aromatic rings. The smallest absolute Gasteiger partial charge is 0.188 e. The van der Waals surface area contributed by atoms with E-state index in [0.29, 0.717) is 97.5 Å². The lowest BCUT2D eigenvalue weighted by Gasteiger charge is -2.49. The molecule has 8 N–H and O–H groups in total. The lowest BCUT2D eigenvalue weighted by molar-refractivity contribution is -0.0675. The topological polar surface area (TPSA) is 188 Å². The Labute approximate surface area is 453 Å². The first kappa shape index (κ1) is 54.8. The Morgan fingerprint density at radius 1 is 0.868 bits per heavy atom. The molecule has 13 rings (SSSR count). The van der Waals surface area contributed by atoms with E-state index in [2.05, 4.69) is 51.2 Å². The molecular formula is C64H91N3O9. The molecule has 3 fully saturated rings. The number of nitrogens with two attached hydrogens (primary N) is 1. The van der Waals surface area contributed by atoms with Crippen molar-refractivity contribution in [2.75, 3.05) is 40.0 Å². The number of aliphatic hydroxyl groups is 3. The Kier molecular flexibility index (Phi) is 16.9. The summed E-state index contributed by atoms with van der Waals surface area (Å²) in [4.78, 5) is 5.16. The van der Waals surface area contributed by atoms with Crippen molar-refractivity contribution in [3.05, 3.63) is 76.4 Å². The van der Waals surface area contributed by atoms with E-state index < -0.39 is 18.3 Å². The zero-order valence-corrected chi connectivity index (χ0v) is 46.4. The van der Waals surface area contributed by atoms with Crippen molar-refractivity contribution in [2.24, 2.45) is 63.0 Å². The highest BCUT2D eigenvalue weighted by Crippen LogP contribution is 2.62. The molecular weight excluding hydrogens is 955 g/mol. The second kappa shape index (κ2) is 23.5. The van der Waals surface area contributed by atoms with Crippen LogP contribution in [-0.2, 0) is 24.0 Å². The van der Waals surface area contributed by atoms with Gasteiger partial charge in [0, 0.05) is 62.4 Å². The molecule has 6 aliphatic heterocycles. The molecule has 10 aliphatic rings. The normalized spacial score (nSPS) is 31.7. The van der Waals surface area contributed by atoms with Gasteiger partial charge in [-0.3, -0.25) is 4.99 Å². The molecule has 0 aromatic heterocycles. The van der Waals surface area contributed by atoms with Gasteiger partial charge in [0.15, 0.2) is 17.5 Å². The predicted molar refractivity (Wildman–Crippen MR) is 299 cm³/mol. The number of methoxy groups -OCH3 is 1. The number of aliphatic imine (C=N–C) groups is 1. The zero-order valence-electron chi connectivity index (χ0n) is 46.4. The number of nitrogens with one attached hydrogen (secondary N) is 1. The minimum atomic E-state index is -0.916. The molecule has 8 bridgehead atoms. The monoisotopic (exact) mass is 1050 g/mol. The van der Waals surface area contributed by atoms with Crippen LogP contribution in [0.15, 0.2) is 53.5 Å². The Hall–Kier alpha value is -4.49. The molecule has 0 amide bonds. The number of hydrogen-bond donors (Lipinski definition) is 7. The SMILES string of the molecule is CCCCC[C@H](C)[C@H]1C[C@@H]2C=C[C@H]1C[C@@H](O)C[C@]1(CCCC13CCOCC3)CN=C(N)NCC[C@H]1[C@H](CO)CCC[C@@H]1Oc1cc(ccc1O)[C@@H]1Oc3cc(OC)c4c(c3C[C@H]1O)[C@H]2Cc1cc(O)c(CC(C)C)cc1-4. The lowest BCUT2D eigenvalue weighted by atomic mass is 9.58. The van der Waals surface area contributed by atoms with Crippen molar-refractivity contribution in [1.82, 2.24) is 5.32 Å². The second-order valence-electron chi connectivity index (χ2n) is 25.2. The van der Waals surface area contributed by atoms with Crippen LogP contribution < -0.4 is 25.3 Å². The number of fused-ring (bicyclic) bond motifs is 2. The molecule has 6 heterocycles. The van der Waals surface area contributed by atoms with Crippen LogP contribution >= 0.6 is 0 Å². The van der Waals surface area contributed by atoms with Crippen LogP contribution in [0.25, 0.3) is 11.1 Å². The van der Waals surface area contributed by atoms with Crippen molar-refractivity contribution >= 4 is 5.96 Å². The first-order valence-electron chi connectivity index (χ1n) is 29.8. The van der Waals surface area contributed by atoms with Crippen LogP contribution in [0.1, 0.15) is 170 Å². The highest BCUT2D eigenvalue weighted by molar-refractivity contribution is 5.84. The van der Waals surface area contributed by atoms with Gasteiger partial charge in [0.25, 0.3) is 0 Å². The molecule has 76 heavy (non-hydrogen) atoms. The van der Waals surface area contributed by atoms with Gasteiger partial charge in [-0.05, 0) is 188 Å². The molecule has 2 spiro atoms. The second-order valence-corrected chi connectivity index (χ2v) is 25.2. The van der Waals surface area contributed by atoms with Crippen LogP contribution in [0, 0.1) is 52.3 Å². The fraction of sp³-hybridized carbons (Fsp3) is 0.672. The van der Waals surface area contributed by atoms with Gasteiger partial charge >= 0.3 is 0 Å². The first-order valence-corrected chi connectivity index (χ1v) is 29.8. The summed E-state index contributed by atoms with van der Waals surface area (Å²) in [5, 5.41) is 62.4. The highest BCUT2D eigenvalue weighted by Gasteiger charge is 2.56. The van der Waals surface area contributed by atoms with Gasteiger partial charge in [0.2, 0.25) is 0 Å². The van der Waals surface area contributed by atoms with Crippen LogP contribution in [0.3, 0.4) is 0 Å². The Balaban J connectivity index is 1.09. The summed E-state index contributed by atoms with van der Waals surface area (Å²) >= 11 is 0. The molecule has 4 aliphatic carbocycles. The predicted octanol–water partition coefficient (Wildman–Crippen LogP) is 11.2. The van der Waals surface area contributed by atoms with Crippen LogP contribution in [0.2, 0.25) is 0 Å². The Bertz CT molecular complexity index is 2560. The van der Waals surface area contributed by atoms with E-state index in [-0.39, 0.29) is 58.9 Å². The average Bonchev–Trinajstić information content (AvgIpc) is 3.78. The van der Waals surface area contributed by atoms with Crippen molar-refractivity contribution in [2.45, 2.75) is 180 Å². The Morgan fingerprint density at radius 2 is 1.67 bits per heavy atom. The average molecular weight is 1050 g/mol. The molecule has 416 valence electrons. The van der Waals surface area contributed by atoms with E-state index >= 15 is 0 Å². The molecule has 12 heteroatoms. The van der Waals surface area contributed by atoms with Crippen molar-refractivity contribution in [3.8, 4) is 39.9 Å². The van der Waals surface area contributed by atoms with Gasteiger partial charge in [0.1, 0.15) is 29.5 Å². The standard InChI is InChI=1S/C64H91N3O9/c1-6-7-8-11-39(4)48-28-41-15-14-40(48)27-46(69)35-64(20-10-19-63(64)21-24-74-25-22-63)37-67-62(65)66-23-18-47-43(36-68)12-9-13-55(47)75-57-32-42(16-17-52(57)70)61-54(72)33-51-56(76-61)34-58(73-5)60-50-30-45(26-38(2)3)53(71)31-44(50)29-49(41)59(51)60/h14-17,30-32,34,38-41,43,46-49,54-55,61,68-72H,6-13,18-29,33,35-37H2,1-5H3,(H3,65,66,67)/t39-,40-,41-,43-,46+,47-,48+,49-,54+,55-,61-,64+/m0/s1. The quantitative estimate of drug-likeness (QED) is 0.0798. The van der Waals surface area contributed by atoms with Crippen LogP contribution in [0.5, 0.6) is 28.7 Å². The maximum absolute atomic E-state index is 12.7. The summed E-state index contributed by atoms with van der Waals surface area (Å²) in [6.07, 6.45) is 19.6. The fourth-order valence-electron chi connectivity index (χ4n) is 16.2. The third kappa shape index (κ3) is 11.0. The molecule has 12 atom stereocenters. The number of rotatable bonds is 9. The van der Waals surface area contributed by atoms with Crippen molar-refractivity contribution in [3.63, 3.8) is 0 Å². The van der Waals surface area contributed by atoms with Gasteiger partial charge in [-0.15, -0.1) is 0 Å². The van der Waals surface area contributed by atoms with E-state index in [1.54, 1.807) is 13.2 Å². The summed E-state index contributed by atoms with van der Waals surface area (Å²) in [5.74, 6) is 3.87. The molecule has 0 unspecified atom stereocenters. The van der Waals surface area contributed by atoms with Gasteiger partial charge in [-0.2, -0.15) is 0 Å². The summed E-state index contributed by atoms with van der Waals surface area (Å²) in [6.45, 7) is 11.7. The number of benzene rings is 3. The third-order valence-corrected chi connectivity index (χ3v) is 20.2. The minimum Gasteiger partial charge on any atom is -0.508 e. The minimum absolute atomic E-state index is 0.00741. The highest BCUT2D eigenvalue weighted by atomic mass is 16.5. The van der Waals surface area contributed by atoms with Gasteiger partial charge in [0.05, 0.1) is 19.3 Å². The Morgan fingerprint density at radius 3 is 2.45 bits per heavy atom. The maximum atomic E-state index is 12.7. The number of nitrogens with zero attached hydrogens (tertiary/aromatic N) is 1. The van der Waals surface area contributed by atoms with Gasteiger partial charge in [-0.1, -0.05) is 78.0 Å². The number of aromatic hydroxyl groups is 2. The van der Waals surface area contributed by atoms with Crippen molar-refractivity contribution in [1.29, 1.82) is 0 Å². The maximum Gasteiger partial charge on any atom is 0.188 e. The number of aliphatic hydroxyl groups excluding tert-OH is 3. The summed E-state index contributed by atoms with van der Waals surface area (Å²) in [6, 6.07) is 11.5. The zero-order chi connectivity index (χ0) is 53.3. The van der Waals surface area contributed by atoms with E-state index in [0.717, 1.165) is 124 Å². The number of unbranched alkanes of at least 4 members (excludes halogenated alkanes) is 2. The van der Waals surface area contributed by atoms with E-state index in [9.17, 15) is 25.5 Å². The van der Waals surface area contributed by atoms with E-state index in [1.807, 2.05) is 24.3 Å². The van der Waals surface area contributed by atoms with Gasteiger partial charge < -0.3 is 55.5 Å².